The lowest BCUT2D eigenvalue weighted by Gasteiger charge is -2.11. The number of anilines is 2. The molecule has 0 bridgehead atoms. The molecule has 106 valence electrons. The van der Waals surface area contributed by atoms with Gasteiger partial charge in [-0.05, 0) is 24.3 Å². The first-order chi connectivity index (χ1) is 10.1. The van der Waals surface area contributed by atoms with E-state index in [1.165, 1.54) is 13.2 Å². The Morgan fingerprint density at radius 1 is 1.38 bits per heavy atom. The van der Waals surface area contributed by atoms with Crippen molar-refractivity contribution < 1.29 is 9.53 Å². The highest BCUT2D eigenvalue weighted by Gasteiger charge is 2.14. The van der Waals surface area contributed by atoms with Gasteiger partial charge in [0.15, 0.2) is 0 Å². The molecular formula is C15H12ClN3O2. The van der Waals surface area contributed by atoms with Gasteiger partial charge in [-0.2, -0.15) is 5.26 Å². The molecule has 2 aromatic rings. The second kappa shape index (κ2) is 6.16. The third-order valence-electron chi connectivity index (χ3n) is 2.85. The average molecular weight is 302 g/mol. The number of nitrogen functional groups attached to an aromatic ring is 1. The number of nitrogens with one attached hydrogen (secondary N) is 1. The van der Waals surface area contributed by atoms with E-state index in [1.807, 2.05) is 6.07 Å². The average Bonchev–Trinajstić information content (AvgIpc) is 2.50. The van der Waals surface area contributed by atoms with Crippen LogP contribution in [0.15, 0.2) is 36.4 Å². The molecule has 3 N–H and O–H groups in total. The van der Waals surface area contributed by atoms with Gasteiger partial charge in [0.05, 0.1) is 40.7 Å². The van der Waals surface area contributed by atoms with Gasteiger partial charge in [0.1, 0.15) is 5.75 Å². The monoisotopic (exact) mass is 301 g/mol. The van der Waals surface area contributed by atoms with Crippen LogP contribution in [0.5, 0.6) is 5.75 Å². The van der Waals surface area contributed by atoms with Gasteiger partial charge in [-0.1, -0.05) is 17.7 Å². The molecule has 0 atom stereocenters. The molecular weight excluding hydrogens is 290 g/mol. The van der Waals surface area contributed by atoms with E-state index in [2.05, 4.69) is 5.32 Å². The van der Waals surface area contributed by atoms with E-state index in [1.54, 1.807) is 30.3 Å². The van der Waals surface area contributed by atoms with Crippen molar-refractivity contribution in [1.29, 1.82) is 5.26 Å². The Bertz CT molecular complexity index is 738. The summed E-state index contributed by atoms with van der Waals surface area (Å²) in [6.45, 7) is 0. The Balaban J connectivity index is 2.32. The molecule has 0 spiro atoms. The summed E-state index contributed by atoms with van der Waals surface area (Å²) >= 11 is 6.02. The molecule has 1 amide bonds. The molecule has 6 heteroatoms. The summed E-state index contributed by atoms with van der Waals surface area (Å²) in [5.41, 5.74) is 7.15. The molecule has 0 aliphatic rings. The van der Waals surface area contributed by atoms with Crippen LogP contribution in [0, 0.1) is 11.3 Å². The number of amides is 1. The topological polar surface area (TPSA) is 88.1 Å². The minimum absolute atomic E-state index is 0.197. The molecule has 2 rings (SSSR count). The fourth-order valence-electron chi connectivity index (χ4n) is 1.78. The van der Waals surface area contributed by atoms with Crippen LogP contribution in [0.3, 0.4) is 0 Å². The van der Waals surface area contributed by atoms with E-state index >= 15 is 0 Å². The van der Waals surface area contributed by atoms with Crippen molar-refractivity contribution in [2.45, 2.75) is 0 Å². The highest BCUT2D eigenvalue weighted by atomic mass is 35.5. The third kappa shape index (κ3) is 3.07. The van der Waals surface area contributed by atoms with Crippen LogP contribution in [0.25, 0.3) is 0 Å². The molecule has 5 nitrogen and oxygen atoms in total. The number of ether oxygens (including phenoxy) is 1. The first-order valence-electron chi connectivity index (χ1n) is 6.00. The zero-order valence-electron chi connectivity index (χ0n) is 11.2. The fourth-order valence-corrected chi connectivity index (χ4v) is 1.99. The van der Waals surface area contributed by atoms with Gasteiger partial charge in [-0.15, -0.1) is 0 Å². The Kier molecular flexibility index (Phi) is 4.31. The summed E-state index contributed by atoms with van der Waals surface area (Å²) in [6, 6.07) is 11.5. The maximum absolute atomic E-state index is 12.2. The van der Waals surface area contributed by atoms with Crippen LogP contribution >= 0.6 is 11.6 Å². The van der Waals surface area contributed by atoms with E-state index < -0.39 is 5.91 Å². The van der Waals surface area contributed by atoms with Crippen molar-refractivity contribution in [3.05, 3.63) is 52.5 Å². The normalized spacial score (nSPS) is 9.76. The van der Waals surface area contributed by atoms with Crippen LogP contribution in [-0.4, -0.2) is 13.0 Å². The standard InChI is InChI=1S/C15H12ClN3O2/c1-21-13-7-9(8-17)5-6-12(13)19-15(20)10-3-2-4-11(18)14(10)16/h2-7H,18H2,1H3,(H,19,20). The number of nitrogens with two attached hydrogens (primary N) is 1. The maximum atomic E-state index is 12.2. The van der Waals surface area contributed by atoms with Gasteiger partial charge in [0.25, 0.3) is 5.91 Å². The predicted molar refractivity (Wildman–Crippen MR) is 81.5 cm³/mol. The number of carbonyl (C=O) groups excluding carboxylic acids is 1. The number of nitrogens with zero attached hydrogens (tertiary/aromatic N) is 1. The Hall–Kier alpha value is -2.71. The summed E-state index contributed by atoms with van der Waals surface area (Å²) in [5.74, 6) is -0.0160. The molecule has 0 heterocycles. The number of carbonyl (C=O) groups is 1. The lowest BCUT2D eigenvalue weighted by atomic mass is 10.1. The lowest BCUT2D eigenvalue weighted by Crippen LogP contribution is -2.13. The van der Waals surface area contributed by atoms with Crippen molar-refractivity contribution in [3.8, 4) is 11.8 Å². The maximum Gasteiger partial charge on any atom is 0.257 e. The summed E-state index contributed by atoms with van der Waals surface area (Å²) in [5, 5.41) is 11.7. The lowest BCUT2D eigenvalue weighted by molar-refractivity contribution is 0.102. The highest BCUT2D eigenvalue weighted by molar-refractivity contribution is 6.36. The zero-order chi connectivity index (χ0) is 15.4. The quantitative estimate of drug-likeness (QED) is 0.853. The summed E-state index contributed by atoms with van der Waals surface area (Å²) in [4.78, 5) is 12.2. The Morgan fingerprint density at radius 3 is 2.81 bits per heavy atom. The molecule has 0 fully saturated rings. The number of benzene rings is 2. The smallest absolute Gasteiger partial charge is 0.257 e. The van der Waals surface area contributed by atoms with E-state index in [4.69, 9.17) is 27.3 Å². The third-order valence-corrected chi connectivity index (χ3v) is 3.27. The molecule has 21 heavy (non-hydrogen) atoms. The summed E-state index contributed by atoms with van der Waals surface area (Å²) < 4.78 is 5.16. The van der Waals surface area contributed by atoms with Crippen LogP contribution in [-0.2, 0) is 0 Å². The van der Waals surface area contributed by atoms with Crippen molar-refractivity contribution in [2.75, 3.05) is 18.2 Å². The molecule has 2 aromatic carbocycles. The van der Waals surface area contributed by atoms with Crippen molar-refractivity contribution in [3.63, 3.8) is 0 Å². The van der Waals surface area contributed by atoms with Gasteiger partial charge in [-0.3, -0.25) is 4.79 Å². The number of methoxy groups -OCH3 is 1. The number of nitriles is 1. The molecule has 0 aliphatic carbocycles. The minimum Gasteiger partial charge on any atom is -0.495 e. The van der Waals surface area contributed by atoms with E-state index in [-0.39, 0.29) is 10.6 Å². The first kappa shape index (κ1) is 14.7. The summed E-state index contributed by atoms with van der Waals surface area (Å²) in [7, 11) is 1.46. The second-order valence-corrected chi connectivity index (χ2v) is 4.57. The number of hydrogen-bond acceptors (Lipinski definition) is 4. The molecule has 0 aromatic heterocycles. The number of rotatable bonds is 3. The highest BCUT2D eigenvalue weighted by Crippen LogP contribution is 2.28. The van der Waals surface area contributed by atoms with E-state index in [0.29, 0.717) is 22.7 Å². The number of halogens is 1. The predicted octanol–water partition coefficient (Wildman–Crippen LogP) is 3.05. The van der Waals surface area contributed by atoms with E-state index in [0.717, 1.165) is 0 Å². The van der Waals surface area contributed by atoms with Crippen molar-refractivity contribution in [1.82, 2.24) is 0 Å². The molecule has 0 unspecified atom stereocenters. The fraction of sp³-hybridized carbons (Fsp3) is 0.0667. The molecule has 0 aliphatic heterocycles. The van der Waals surface area contributed by atoms with E-state index in [9.17, 15) is 4.79 Å². The SMILES string of the molecule is COc1cc(C#N)ccc1NC(=O)c1cccc(N)c1Cl. The molecule has 0 radical (unpaired) electrons. The van der Waals surface area contributed by atoms with Crippen LogP contribution in [0.1, 0.15) is 15.9 Å². The Morgan fingerprint density at radius 2 is 2.14 bits per heavy atom. The van der Waals surface area contributed by atoms with Crippen LogP contribution in [0.4, 0.5) is 11.4 Å². The van der Waals surface area contributed by atoms with Gasteiger partial charge < -0.3 is 15.8 Å². The Labute approximate surface area is 126 Å². The van der Waals surface area contributed by atoms with Crippen LogP contribution in [0.2, 0.25) is 5.02 Å². The van der Waals surface area contributed by atoms with Gasteiger partial charge in [-0.25, -0.2) is 0 Å². The van der Waals surface area contributed by atoms with Gasteiger partial charge >= 0.3 is 0 Å². The first-order valence-corrected chi connectivity index (χ1v) is 6.38. The van der Waals surface area contributed by atoms with Gasteiger partial charge in [0, 0.05) is 6.07 Å². The second-order valence-electron chi connectivity index (χ2n) is 4.19. The molecule has 0 saturated heterocycles. The van der Waals surface area contributed by atoms with Gasteiger partial charge in [0.2, 0.25) is 0 Å². The summed E-state index contributed by atoms with van der Waals surface area (Å²) in [6.07, 6.45) is 0. The largest absolute Gasteiger partial charge is 0.495 e. The van der Waals surface area contributed by atoms with Crippen molar-refractivity contribution >= 4 is 28.9 Å². The number of hydrogen-bond donors (Lipinski definition) is 2. The molecule has 0 saturated carbocycles. The van der Waals surface area contributed by atoms with Crippen molar-refractivity contribution in [2.24, 2.45) is 0 Å². The minimum atomic E-state index is -0.407. The van der Waals surface area contributed by atoms with Crippen LogP contribution < -0.4 is 15.8 Å². The zero-order valence-corrected chi connectivity index (χ0v) is 11.9.